The Balaban J connectivity index is 1.42. The predicted octanol–water partition coefficient (Wildman–Crippen LogP) is 7.64. The molecule has 0 spiro atoms. The Morgan fingerprint density at radius 1 is 0.833 bits per heavy atom. The van der Waals surface area contributed by atoms with Crippen molar-refractivity contribution < 1.29 is 4.74 Å². The van der Waals surface area contributed by atoms with Crippen LogP contribution in [0.15, 0.2) is 36.7 Å². The number of benzene rings is 1. The third kappa shape index (κ3) is 7.11. The molecule has 0 aliphatic heterocycles. The van der Waals surface area contributed by atoms with Crippen LogP contribution in [0.2, 0.25) is 0 Å². The molecule has 2 aromatic rings. The average Bonchev–Trinajstić information content (AvgIpc) is 2.79. The van der Waals surface area contributed by atoms with E-state index in [4.69, 9.17) is 4.74 Å². The lowest BCUT2D eigenvalue weighted by atomic mass is 9.75. The molecule has 3 nitrogen and oxygen atoms in total. The predicted molar refractivity (Wildman–Crippen MR) is 126 cm³/mol. The summed E-state index contributed by atoms with van der Waals surface area (Å²) in [7, 11) is 0. The van der Waals surface area contributed by atoms with Crippen LogP contribution in [-0.4, -0.2) is 16.6 Å². The first kappa shape index (κ1) is 22.8. The van der Waals surface area contributed by atoms with E-state index in [1.54, 1.807) is 0 Å². The van der Waals surface area contributed by atoms with Gasteiger partial charge >= 0.3 is 0 Å². The van der Waals surface area contributed by atoms with E-state index in [1.165, 1.54) is 64.2 Å². The van der Waals surface area contributed by atoms with Crippen LogP contribution in [0.5, 0.6) is 5.75 Å². The monoisotopic (exact) mass is 408 g/mol. The Morgan fingerprint density at radius 2 is 1.60 bits per heavy atom. The van der Waals surface area contributed by atoms with Gasteiger partial charge < -0.3 is 4.74 Å². The Hall–Kier alpha value is -1.90. The van der Waals surface area contributed by atoms with Crippen LogP contribution in [0.25, 0.3) is 11.3 Å². The standard InChI is InChI=1S/C27H40N2O/c1-3-5-6-14-25-20-29-27(21-28-25)24-15-17-26(18-16-24)30-19-9-13-23-12-8-7-11-22(23)10-4-2/h15-18,20-23H,3-14,19H2,1-2H3. The van der Waals surface area contributed by atoms with Crippen molar-refractivity contribution >= 4 is 0 Å². The fourth-order valence-electron chi connectivity index (χ4n) is 4.86. The van der Waals surface area contributed by atoms with Gasteiger partial charge in [-0.15, -0.1) is 0 Å². The normalized spacial score (nSPS) is 19.0. The lowest BCUT2D eigenvalue weighted by Gasteiger charge is -2.31. The maximum Gasteiger partial charge on any atom is 0.119 e. The number of aromatic nitrogens is 2. The summed E-state index contributed by atoms with van der Waals surface area (Å²) in [5, 5.41) is 0. The van der Waals surface area contributed by atoms with Gasteiger partial charge in [0.1, 0.15) is 5.75 Å². The third-order valence-corrected chi connectivity index (χ3v) is 6.61. The maximum absolute atomic E-state index is 6.02. The van der Waals surface area contributed by atoms with Crippen LogP contribution >= 0.6 is 0 Å². The third-order valence-electron chi connectivity index (χ3n) is 6.61. The molecule has 3 rings (SSSR count). The number of aryl methyl sites for hydroxylation is 1. The topological polar surface area (TPSA) is 35.0 Å². The molecule has 1 aliphatic carbocycles. The van der Waals surface area contributed by atoms with E-state index in [0.29, 0.717) is 0 Å². The lowest BCUT2D eigenvalue weighted by Crippen LogP contribution is -2.20. The molecule has 2 atom stereocenters. The van der Waals surface area contributed by atoms with Crippen molar-refractivity contribution in [2.45, 2.75) is 90.9 Å². The SMILES string of the molecule is CCCCCc1cnc(-c2ccc(OCCCC3CCCCC3CCC)cc2)cn1. The minimum Gasteiger partial charge on any atom is -0.494 e. The van der Waals surface area contributed by atoms with Gasteiger partial charge in [-0.05, 0) is 61.8 Å². The smallest absolute Gasteiger partial charge is 0.119 e. The summed E-state index contributed by atoms with van der Waals surface area (Å²) in [6, 6.07) is 8.31. The first-order valence-electron chi connectivity index (χ1n) is 12.3. The maximum atomic E-state index is 6.02. The second kappa shape index (κ2) is 12.7. The highest BCUT2D eigenvalue weighted by molar-refractivity contribution is 5.58. The fourth-order valence-corrected chi connectivity index (χ4v) is 4.86. The number of nitrogens with zero attached hydrogens (tertiary/aromatic N) is 2. The minimum absolute atomic E-state index is 0.820. The lowest BCUT2D eigenvalue weighted by molar-refractivity contribution is 0.193. The van der Waals surface area contributed by atoms with Gasteiger partial charge in [-0.3, -0.25) is 9.97 Å². The van der Waals surface area contributed by atoms with Crippen molar-refractivity contribution in [2.75, 3.05) is 6.61 Å². The second-order valence-electron chi connectivity index (χ2n) is 8.96. The number of rotatable bonds is 12. The van der Waals surface area contributed by atoms with Crippen LogP contribution in [0.4, 0.5) is 0 Å². The van der Waals surface area contributed by atoms with Gasteiger partial charge in [0.2, 0.25) is 0 Å². The van der Waals surface area contributed by atoms with Crippen molar-refractivity contribution in [3.05, 3.63) is 42.4 Å². The van der Waals surface area contributed by atoms with Gasteiger partial charge in [0, 0.05) is 11.8 Å². The molecule has 0 saturated heterocycles. The van der Waals surface area contributed by atoms with Crippen LogP contribution in [0.3, 0.4) is 0 Å². The second-order valence-corrected chi connectivity index (χ2v) is 8.96. The molecule has 1 aliphatic rings. The highest BCUT2D eigenvalue weighted by atomic mass is 16.5. The van der Waals surface area contributed by atoms with Crippen LogP contribution < -0.4 is 4.74 Å². The Bertz CT molecular complexity index is 709. The van der Waals surface area contributed by atoms with Crippen molar-refractivity contribution in [3.8, 4) is 17.0 Å². The zero-order chi connectivity index (χ0) is 21.0. The van der Waals surface area contributed by atoms with Crippen LogP contribution in [-0.2, 0) is 6.42 Å². The molecule has 1 saturated carbocycles. The van der Waals surface area contributed by atoms with Crippen molar-refractivity contribution in [2.24, 2.45) is 11.8 Å². The van der Waals surface area contributed by atoms with Gasteiger partial charge in [-0.1, -0.05) is 65.2 Å². The van der Waals surface area contributed by atoms with Crippen molar-refractivity contribution in [1.82, 2.24) is 9.97 Å². The van der Waals surface area contributed by atoms with E-state index < -0.39 is 0 Å². The molecule has 1 aromatic heterocycles. The van der Waals surface area contributed by atoms with E-state index in [9.17, 15) is 0 Å². The van der Waals surface area contributed by atoms with E-state index >= 15 is 0 Å². The highest BCUT2D eigenvalue weighted by Crippen LogP contribution is 2.36. The zero-order valence-corrected chi connectivity index (χ0v) is 19.1. The van der Waals surface area contributed by atoms with Crippen LogP contribution in [0.1, 0.15) is 90.2 Å². The Morgan fingerprint density at radius 3 is 2.27 bits per heavy atom. The molecule has 30 heavy (non-hydrogen) atoms. The molecule has 1 heterocycles. The summed E-state index contributed by atoms with van der Waals surface area (Å²) in [4.78, 5) is 9.18. The number of ether oxygens (including phenoxy) is 1. The van der Waals surface area contributed by atoms with Gasteiger partial charge in [0.15, 0.2) is 0 Å². The molecule has 2 unspecified atom stereocenters. The number of hydrogen-bond donors (Lipinski definition) is 0. The summed E-state index contributed by atoms with van der Waals surface area (Å²) >= 11 is 0. The summed E-state index contributed by atoms with van der Waals surface area (Å²) in [5.41, 5.74) is 3.12. The molecule has 164 valence electrons. The number of hydrogen-bond acceptors (Lipinski definition) is 3. The zero-order valence-electron chi connectivity index (χ0n) is 19.1. The molecule has 0 amide bonds. The van der Waals surface area contributed by atoms with Gasteiger partial charge in [-0.2, -0.15) is 0 Å². The molecular formula is C27H40N2O. The van der Waals surface area contributed by atoms with Gasteiger partial charge in [0.05, 0.1) is 24.2 Å². The van der Waals surface area contributed by atoms with Crippen molar-refractivity contribution in [1.29, 1.82) is 0 Å². The summed E-state index contributed by atoms with van der Waals surface area (Å²) in [5.74, 6) is 2.84. The largest absolute Gasteiger partial charge is 0.494 e. The first-order chi connectivity index (χ1) is 14.8. The van der Waals surface area contributed by atoms with E-state index in [-0.39, 0.29) is 0 Å². The van der Waals surface area contributed by atoms with Crippen molar-refractivity contribution in [3.63, 3.8) is 0 Å². The average molecular weight is 409 g/mol. The van der Waals surface area contributed by atoms with E-state index in [2.05, 4.69) is 48.1 Å². The van der Waals surface area contributed by atoms with Crippen LogP contribution in [0, 0.1) is 11.8 Å². The molecular weight excluding hydrogens is 368 g/mol. The molecule has 1 aromatic carbocycles. The summed E-state index contributed by atoms with van der Waals surface area (Å²) in [6.45, 7) is 5.37. The Kier molecular flexibility index (Phi) is 9.66. The minimum atomic E-state index is 0.820. The molecule has 0 bridgehead atoms. The summed E-state index contributed by atoms with van der Waals surface area (Å²) in [6.07, 6.45) is 19.5. The van der Waals surface area contributed by atoms with E-state index in [1.807, 2.05) is 12.4 Å². The van der Waals surface area contributed by atoms with Gasteiger partial charge in [0.25, 0.3) is 0 Å². The molecule has 0 radical (unpaired) electrons. The fraction of sp³-hybridized carbons (Fsp3) is 0.630. The number of unbranched alkanes of at least 4 members (excludes halogenated alkanes) is 2. The molecule has 1 fully saturated rings. The van der Waals surface area contributed by atoms with E-state index in [0.717, 1.165) is 54.0 Å². The van der Waals surface area contributed by atoms with Gasteiger partial charge in [-0.25, -0.2) is 0 Å². The Labute approximate surface area is 183 Å². The molecule has 3 heteroatoms. The first-order valence-corrected chi connectivity index (χ1v) is 12.3. The highest BCUT2D eigenvalue weighted by Gasteiger charge is 2.23. The summed E-state index contributed by atoms with van der Waals surface area (Å²) < 4.78 is 6.02. The molecule has 0 N–H and O–H groups in total. The quantitative estimate of drug-likeness (QED) is 0.338.